The number of Topliss-reactive ketones (excluding diaryl/α,β-unsaturated/α-hetero) is 1. The summed E-state index contributed by atoms with van der Waals surface area (Å²) in [7, 11) is -1.01. The summed E-state index contributed by atoms with van der Waals surface area (Å²) < 4.78 is 25.2. The fourth-order valence-corrected chi connectivity index (χ4v) is 7.22. The molecule has 0 radical (unpaired) electrons. The summed E-state index contributed by atoms with van der Waals surface area (Å²) in [5.74, 6) is 2.44. The molecule has 0 spiro atoms. The van der Waals surface area contributed by atoms with Gasteiger partial charge in [-0.15, -0.1) is 10.2 Å². The van der Waals surface area contributed by atoms with Gasteiger partial charge in [-0.1, -0.05) is 55.3 Å². The van der Waals surface area contributed by atoms with E-state index in [1.807, 2.05) is 23.7 Å². The van der Waals surface area contributed by atoms with E-state index in [1.54, 1.807) is 0 Å². The first kappa shape index (κ1) is 21.6. The van der Waals surface area contributed by atoms with Gasteiger partial charge >= 0.3 is 0 Å². The molecular weight excluding hydrogens is 418 g/mol. The largest absolute Gasteiger partial charge is 0.309 e. The van der Waals surface area contributed by atoms with Crippen LogP contribution in [-0.2, 0) is 23.3 Å². The third-order valence-corrected chi connectivity index (χ3v) is 9.22. The average molecular weight is 448 g/mol. The van der Waals surface area contributed by atoms with Crippen molar-refractivity contribution in [3.63, 3.8) is 0 Å². The van der Waals surface area contributed by atoms with Gasteiger partial charge in [0.15, 0.2) is 20.8 Å². The van der Waals surface area contributed by atoms with Crippen molar-refractivity contribution in [2.24, 2.45) is 13.0 Å². The number of hydrogen-bond acceptors (Lipinski definition) is 6. The first-order valence-corrected chi connectivity index (χ1v) is 13.6. The molecule has 2 aromatic rings. The molecule has 2 aliphatic rings. The minimum absolute atomic E-state index is 0.0848. The van der Waals surface area contributed by atoms with Crippen LogP contribution >= 0.6 is 11.8 Å². The van der Waals surface area contributed by atoms with E-state index in [0.29, 0.717) is 29.7 Å². The van der Waals surface area contributed by atoms with Crippen LogP contribution in [0.3, 0.4) is 0 Å². The monoisotopic (exact) mass is 447 g/mol. The van der Waals surface area contributed by atoms with Gasteiger partial charge in [-0.3, -0.25) is 4.79 Å². The molecule has 6 nitrogen and oxygen atoms in total. The molecule has 1 aliphatic heterocycles. The molecule has 8 heteroatoms. The van der Waals surface area contributed by atoms with Crippen molar-refractivity contribution in [3.05, 3.63) is 41.2 Å². The SMILES string of the molecule is Cn1c(C[C@@H]2CCS(=O)(=O)C2)nnc1SCC(=O)c1ccc(C2CCCCC2)cc1. The molecule has 1 saturated carbocycles. The molecule has 0 N–H and O–H groups in total. The maximum Gasteiger partial charge on any atom is 0.191 e. The first-order valence-electron chi connectivity index (χ1n) is 10.8. The summed E-state index contributed by atoms with van der Waals surface area (Å²) >= 11 is 1.38. The Morgan fingerprint density at radius 3 is 2.50 bits per heavy atom. The van der Waals surface area contributed by atoms with Crippen LogP contribution in [0.15, 0.2) is 29.4 Å². The molecule has 1 aromatic heterocycles. The molecule has 1 aliphatic carbocycles. The number of hydrogen-bond donors (Lipinski definition) is 0. The maximum absolute atomic E-state index is 12.6. The van der Waals surface area contributed by atoms with Gasteiger partial charge < -0.3 is 4.57 Å². The summed E-state index contributed by atoms with van der Waals surface area (Å²) in [6.07, 6.45) is 7.76. The van der Waals surface area contributed by atoms with E-state index in [1.165, 1.54) is 49.4 Å². The van der Waals surface area contributed by atoms with E-state index >= 15 is 0 Å². The van der Waals surface area contributed by atoms with E-state index in [2.05, 4.69) is 22.3 Å². The van der Waals surface area contributed by atoms with Crippen molar-refractivity contribution in [3.8, 4) is 0 Å². The number of benzene rings is 1. The van der Waals surface area contributed by atoms with Gasteiger partial charge in [0, 0.05) is 19.0 Å². The quantitative estimate of drug-likeness (QED) is 0.474. The number of nitrogens with zero attached hydrogens (tertiary/aromatic N) is 3. The molecule has 30 heavy (non-hydrogen) atoms. The number of ketones is 1. The number of aromatic nitrogens is 3. The van der Waals surface area contributed by atoms with Crippen molar-refractivity contribution in [1.29, 1.82) is 0 Å². The Kier molecular flexibility index (Phi) is 6.63. The normalized spacial score (nSPS) is 21.7. The predicted molar refractivity (Wildman–Crippen MR) is 119 cm³/mol. The van der Waals surface area contributed by atoms with Crippen LogP contribution in [0.1, 0.15) is 66.2 Å². The van der Waals surface area contributed by atoms with Gasteiger partial charge in [0.05, 0.1) is 17.3 Å². The Balaban J connectivity index is 1.32. The lowest BCUT2D eigenvalue weighted by Crippen LogP contribution is -2.11. The minimum Gasteiger partial charge on any atom is -0.309 e. The minimum atomic E-state index is -2.89. The highest BCUT2D eigenvalue weighted by Crippen LogP contribution is 2.32. The molecule has 0 bridgehead atoms. The zero-order valence-electron chi connectivity index (χ0n) is 17.4. The van der Waals surface area contributed by atoms with Gasteiger partial charge in [-0.25, -0.2) is 8.42 Å². The summed E-state index contributed by atoms with van der Waals surface area (Å²) in [6, 6.07) is 8.14. The van der Waals surface area contributed by atoms with Crippen molar-refractivity contribution in [1.82, 2.24) is 14.8 Å². The molecule has 0 amide bonds. The molecule has 2 heterocycles. The Labute approximate surface area is 182 Å². The topological polar surface area (TPSA) is 81.9 Å². The number of rotatable bonds is 7. The lowest BCUT2D eigenvalue weighted by atomic mass is 9.84. The zero-order valence-corrected chi connectivity index (χ0v) is 19.1. The lowest BCUT2D eigenvalue weighted by molar-refractivity contribution is 0.102. The van der Waals surface area contributed by atoms with E-state index in [0.717, 1.165) is 11.4 Å². The summed E-state index contributed by atoms with van der Waals surface area (Å²) in [5.41, 5.74) is 2.09. The van der Waals surface area contributed by atoms with Crippen LogP contribution < -0.4 is 0 Å². The number of carbonyl (C=O) groups excluding carboxylic acids is 1. The highest BCUT2D eigenvalue weighted by atomic mass is 32.2. The maximum atomic E-state index is 12.6. The third kappa shape index (κ3) is 5.14. The second-order valence-corrected chi connectivity index (χ2v) is 11.8. The van der Waals surface area contributed by atoms with Crippen LogP contribution in [-0.4, -0.2) is 46.2 Å². The number of thioether (sulfide) groups is 1. The van der Waals surface area contributed by atoms with Crippen molar-refractivity contribution in [2.45, 2.75) is 56.0 Å². The van der Waals surface area contributed by atoms with Gasteiger partial charge in [-0.2, -0.15) is 0 Å². The standard InChI is InChI=1S/C22H29N3O3S2/c1-25-21(13-16-11-12-30(27,28)15-16)23-24-22(25)29-14-20(26)19-9-7-18(8-10-19)17-5-3-2-4-6-17/h7-10,16-17H,2-6,11-15H2,1H3/t16-/m0/s1. The Morgan fingerprint density at radius 1 is 1.10 bits per heavy atom. The molecule has 2 fully saturated rings. The average Bonchev–Trinajstić information content (AvgIpc) is 3.28. The van der Waals surface area contributed by atoms with Crippen LogP contribution in [0.5, 0.6) is 0 Å². The smallest absolute Gasteiger partial charge is 0.191 e. The second-order valence-electron chi connectivity index (χ2n) is 8.60. The highest BCUT2D eigenvalue weighted by Gasteiger charge is 2.29. The molecule has 1 atom stereocenters. The van der Waals surface area contributed by atoms with Gasteiger partial charge in [0.1, 0.15) is 5.82 Å². The Morgan fingerprint density at radius 2 is 1.83 bits per heavy atom. The molecule has 0 unspecified atom stereocenters. The van der Waals surface area contributed by atoms with Crippen molar-refractivity contribution in [2.75, 3.05) is 17.3 Å². The lowest BCUT2D eigenvalue weighted by Gasteiger charge is -2.22. The van der Waals surface area contributed by atoms with Gasteiger partial charge in [-0.05, 0) is 36.7 Å². The summed E-state index contributed by atoms with van der Waals surface area (Å²) in [4.78, 5) is 12.6. The van der Waals surface area contributed by atoms with Crippen LogP contribution in [0.4, 0.5) is 0 Å². The zero-order chi connectivity index (χ0) is 21.1. The van der Waals surface area contributed by atoms with Crippen LogP contribution in [0, 0.1) is 5.92 Å². The fourth-order valence-electron chi connectivity index (χ4n) is 4.53. The molecular formula is C22H29N3O3S2. The number of carbonyl (C=O) groups is 1. The second kappa shape index (κ2) is 9.22. The van der Waals surface area contributed by atoms with Crippen LogP contribution in [0.25, 0.3) is 0 Å². The molecule has 4 rings (SSSR count). The summed E-state index contributed by atoms with van der Waals surface area (Å²) in [6.45, 7) is 0. The third-order valence-electron chi connectivity index (χ3n) is 6.36. The summed E-state index contributed by atoms with van der Waals surface area (Å²) in [5, 5.41) is 9.13. The van der Waals surface area contributed by atoms with Crippen molar-refractivity contribution >= 4 is 27.4 Å². The Bertz CT molecular complexity index is 993. The van der Waals surface area contributed by atoms with Gasteiger partial charge in [0.2, 0.25) is 0 Å². The molecule has 162 valence electrons. The molecule has 1 aromatic carbocycles. The van der Waals surface area contributed by atoms with E-state index in [4.69, 9.17) is 0 Å². The predicted octanol–water partition coefficient (Wildman–Crippen LogP) is 3.82. The number of sulfone groups is 1. The van der Waals surface area contributed by atoms with E-state index in [-0.39, 0.29) is 23.2 Å². The van der Waals surface area contributed by atoms with E-state index in [9.17, 15) is 13.2 Å². The van der Waals surface area contributed by atoms with Gasteiger partial charge in [0.25, 0.3) is 0 Å². The van der Waals surface area contributed by atoms with E-state index < -0.39 is 9.84 Å². The molecule has 1 saturated heterocycles. The highest BCUT2D eigenvalue weighted by molar-refractivity contribution is 7.99. The Hall–Kier alpha value is -1.67. The van der Waals surface area contributed by atoms with Crippen molar-refractivity contribution < 1.29 is 13.2 Å². The first-order chi connectivity index (χ1) is 14.4. The van der Waals surface area contributed by atoms with Crippen LogP contribution in [0.2, 0.25) is 0 Å². The fraction of sp³-hybridized carbons (Fsp3) is 0.591.